The summed E-state index contributed by atoms with van der Waals surface area (Å²) in [7, 11) is 2.73. The Morgan fingerprint density at radius 1 is 1.17 bits per heavy atom. The zero-order valence-corrected chi connectivity index (χ0v) is 11.0. The van der Waals surface area contributed by atoms with Gasteiger partial charge in [-0.2, -0.15) is 0 Å². The van der Waals surface area contributed by atoms with Crippen molar-refractivity contribution >= 4 is 11.9 Å². The molecule has 0 heterocycles. The van der Waals surface area contributed by atoms with E-state index in [1.54, 1.807) is 7.11 Å². The molecule has 0 aromatic heterocycles. The lowest BCUT2D eigenvalue weighted by Crippen LogP contribution is -2.31. The van der Waals surface area contributed by atoms with Crippen LogP contribution in [0.5, 0.6) is 5.75 Å². The molecule has 18 heavy (non-hydrogen) atoms. The lowest BCUT2D eigenvalue weighted by atomic mass is 10.0. The highest BCUT2D eigenvalue weighted by atomic mass is 16.5. The second-order valence-corrected chi connectivity index (χ2v) is 3.92. The summed E-state index contributed by atoms with van der Waals surface area (Å²) in [6.07, 6.45) is 0. The quantitative estimate of drug-likeness (QED) is 0.645. The Morgan fingerprint density at radius 2 is 1.78 bits per heavy atom. The SMILES string of the molecule is COC(=O)C(=O)NCc1cc(C)c(C)cc1OC. The van der Waals surface area contributed by atoms with Gasteiger partial charge in [0.15, 0.2) is 0 Å². The smallest absolute Gasteiger partial charge is 0.396 e. The monoisotopic (exact) mass is 251 g/mol. The molecule has 98 valence electrons. The molecule has 0 atom stereocenters. The van der Waals surface area contributed by atoms with Crippen LogP contribution in [0.15, 0.2) is 12.1 Å². The van der Waals surface area contributed by atoms with Gasteiger partial charge in [0, 0.05) is 12.1 Å². The third kappa shape index (κ3) is 3.23. The summed E-state index contributed by atoms with van der Waals surface area (Å²) >= 11 is 0. The molecule has 0 fully saturated rings. The van der Waals surface area contributed by atoms with E-state index in [1.807, 2.05) is 26.0 Å². The molecule has 5 nitrogen and oxygen atoms in total. The zero-order chi connectivity index (χ0) is 13.7. The van der Waals surface area contributed by atoms with Crippen LogP contribution in [0.3, 0.4) is 0 Å². The average molecular weight is 251 g/mol. The maximum absolute atomic E-state index is 11.3. The summed E-state index contributed by atoms with van der Waals surface area (Å²) < 4.78 is 9.55. The van der Waals surface area contributed by atoms with Crippen molar-refractivity contribution in [3.05, 3.63) is 28.8 Å². The number of hydrogen-bond donors (Lipinski definition) is 1. The number of carbonyl (C=O) groups is 2. The molecule has 0 unspecified atom stereocenters. The lowest BCUT2D eigenvalue weighted by molar-refractivity contribution is -0.152. The molecular weight excluding hydrogens is 234 g/mol. The summed E-state index contributed by atoms with van der Waals surface area (Å²) in [6.45, 7) is 4.17. The number of ether oxygens (including phenoxy) is 2. The van der Waals surface area contributed by atoms with Crippen LogP contribution in [0.2, 0.25) is 0 Å². The summed E-state index contributed by atoms with van der Waals surface area (Å²) in [5, 5.41) is 2.48. The fraction of sp³-hybridized carbons (Fsp3) is 0.385. The molecule has 0 aliphatic heterocycles. The van der Waals surface area contributed by atoms with Crippen molar-refractivity contribution in [3.8, 4) is 5.75 Å². The topological polar surface area (TPSA) is 64.6 Å². The van der Waals surface area contributed by atoms with Crippen LogP contribution >= 0.6 is 0 Å². The predicted octanol–water partition coefficient (Wildman–Crippen LogP) is 1.10. The molecule has 1 amide bonds. The van der Waals surface area contributed by atoms with Crippen molar-refractivity contribution in [3.63, 3.8) is 0 Å². The number of benzene rings is 1. The fourth-order valence-electron chi connectivity index (χ4n) is 1.52. The minimum atomic E-state index is -0.905. The van der Waals surface area contributed by atoms with E-state index in [0.29, 0.717) is 5.75 Å². The minimum absolute atomic E-state index is 0.220. The van der Waals surface area contributed by atoms with E-state index in [9.17, 15) is 9.59 Å². The van der Waals surface area contributed by atoms with Gasteiger partial charge in [-0.1, -0.05) is 6.07 Å². The maximum atomic E-state index is 11.3. The molecule has 5 heteroatoms. The highest BCUT2D eigenvalue weighted by Crippen LogP contribution is 2.22. The van der Waals surface area contributed by atoms with Gasteiger partial charge in [0.1, 0.15) is 5.75 Å². The van der Waals surface area contributed by atoms with Crippen LogP contribution in [0.25, 0.3) is 0 Å². The van der Waals surface area contributed by atoms with Gasteiger partial charge in [-0.05, 0) is 31.0 Å². The first-order chi connectivity index (χ1) is 8.49. The van der Waals surface area contributed by atoms with Crippen molar-refractivity contribution in [1.82, 2.24) is 5.32 Å². The van der Waals surface area contributed by atoms with Crippen LogP contribution in [-0.2, 0) is 20.9 Å². The highest BCUT2D eigenvalue weighted by molar-refractivity contribution is 6.32. The Labute approximate surface area is 106 Å². The molecule has 1 rings (SSSR count). The van der Waals surface area contributed by atoms with Gasteiger partial charge in [-0.15, -0.1) is 0 Å². The van der Waals surface area contributed by atoms with Crippen molar-refractivity contribution in [2.45, 2.75) is 20.4 Å². The second kappa shape index (κ2) is 6.05. The van der Waals surface area contributed by atoms with Gasteiger partial charge in [0.2, 0.25) is 0 Å². The third-order valence-electron chi connectivity index (χ3n) is 2.71. The van der Waals surface area contributed by atoms with E-state index in [2.05, 4.69) is 10.1 Å². The molecule has 0 aliphatic carbocycles. The summed E-state index contributed by atoms with van der Waals surface area (Å²) in [6, 6.07) is 3.82. The summed E-state index contributed by atoms with van der Waals surface area (Å²) in [4.78, 5) is 22.2. The highest BCUT2D eigenvalue weighted by Gasteiger charge is 2.14. The van der Waals surface area contributed by atoms with E-state index < -0.39 is 11.9 Å². The van der Waals surface area contributed by atoms with Crippen molar-refractivity contribution in [2.75, 3.05) is 14.2 Å². The summed E-state index contributed by atoms with van der Waals surface area (Å²) in [5.41, 5.74) is 3.02. The Bertz CT molecular complexity index is 468. The zero-order valence-electron chi connectivity index (χ0n) is 11.0. The van der Waals surface area contributed by atoms with Crippen LogP contribution in [0, 0.1) is 13.8 Å². The number of methoxy groups -OCH3 is 2. The Hall–Kier alpha value is -2.04. The van der Waals surface area contributed by atoms with Gasteiger partial charge in [0.25, 0.3) is 0 Å². The van der Waals surface area contributed by atoms with Gasteiger partial charge in [-0.3, -0.25) is 4.79 Å². The van der Waals surface area contributed by atoms with Crippen LogP contribution < -0.4 is 10.1 Å². The number of hydrogen-bond acceptors (Lipinski definition) is 4. The summed E-state index contributed by atoms with van der Waals surface area (Å²) in [5.74, 6) is -0.987. The lowest BCUT2D eigenvalue weighted by Gasteiger charge is -2.12. The van der Waals surface area contributed by atoms with Gasteiger partial charge in [-0.25, -0.2) is 4.79 Å². The molecule has 0 saturated carbocycles. The van der Waals surface area contributed by atoms with Gasteiger partial charge in [0.05, 0.1) is 14.2 Å². The molecule has 1 aromatic carbocycles. The molecule has 1 N–H and O–H groups in total. The molecule has 1 aromatic rings. The number of nitrogens with one attached hydrogen (secondary N) is 1. The molecule has 0 bridgehead atoms. The molecule has 0 aliphatic rings. The number of esters is 1. The van der Waals surface area contributed by atoms with Gasteiger partial charge < -0.3 is 14.8 Å². The van der Waals surface area contributed by atoms with E-state index in [0.717, 1.165) is 16.7 Å². The minimum Gasteiger partial charge on any atom is -0.496 e. The van der Waals surface area contributed by atoms with E-state index in [1.165, 1.54) is 7.11 Å². The van der Waals surface area contributed by atoms with E-state index >= 15 is 0 Å². The average Bonchev–Trinajstić information content (AvgIpc) is 2.38. The maximum Gasteiger partial charge on any atom is 0.396 e. The van der Waals surface area contributed by atoms with Crippen molar-refractivity contribution in [2.24, 2.45) is 0 Å². The number of rotatable bonds is 3. The van der Waals surface area contributed by atoms with E-state index in [4.69, 9.17) is 4.74 Å². The molecule has 0 saturated heterocycles. The standard InChI is InChI=1S/C13H17NO4/c1-8-5-10(11(17-3)6-9(8)2)7-14-12(15)13(16)18-4/h5-6H,7H2,1-4H3,(H,14,15). The van der Waals surface area contributed by atoms with E-state index in [-0.39, 0.29) is 6.54 Å². The Kier molecular flexibility index (Phi) is 4.71. The number of amides is 1. The largest absolute Gasteiger partial charge is 0.496 e. The molecular formula is C13H17NO4. The normalized spacial score (nSPS) is 9.78. The number of carbonyl (C=O) groups excluding carboxylic acids is 2. The first-order valence-corrected chi connectivity index (χ1v) is 5.49. The first-order valence-electron chi connectivity index (χ1n) is 5.49. The molecule has 0 spiro atoms. The van der Waals surface area contributed by atoms with Gasteiger partial charge >= 0.3 is 11.9 Å². The van der Waals surface area contributed by atoms with Crippen molar-refractivity contribution < 1.29 is 19.1 Å². The van der Waals surface area contributed by atoms with Crippen LogP contribution in [0.1, 0.15) is 16.7 Å². The van der Waals surface area contributed by atoms with Crippen molar-refractivity contribution in [1.29, 1.82) is 0 Å². The van der Waals surface area contributed by atoms with Crippen LogP contribution in [0.4, 0.5) is 0 Å². The predicted molar refractivity (Wildman–Crippen MR) is 66.3 cm³/mol. The third-order valence-corrected chi connectivity index (χ3v) is 2.71. The number of aryl methyl sites for hydroxylation is 2. The fourth-order valence-corrected chi connectivity index (χ4v) is 1.52. The first kappa shape index (κ1) is 14.0. The van der Waals surface area contributed by atoms with Crippen LogP contribution in [-0.4, -0.2) is 26.1 Å². The Balaban J connectivity index is 2.81. The Morgan fingerprint density at radius 3 is 2.33 bits per heavy atom. The molecule has 0 radical (unpaired) electrons. The second-order valence-electron chi connectivity index (χ2n) is 3.92.